The number of aromatic nitrogens is 3. The Labute approximate surface area is 183 Å². The number of nitrogens with one attached hydrogen (secondary N) is 1. The number of imidazole rings is 1. The minimum atomic E-state index is -0.195. The predicted octanol–water partition coefficient (Wildman–Crippen LogP) is 5.52. The van der Waals surface area contributed by atoms with Crippen molar-refractivity contribution < 1.29 is 9.53 Å². The molecule has 0 aliphatic carbocycles. The lowest BCUT2D eigenvalue weighted by Crippen LogP contribution is -2.03. The molecule has 2 aromatic heterocycles. The zero-order valence-corrected chi connectivity index (χ0v) is 16.8. The molecule has 0 saturated heterocycles. The van der Waals surface area contributed by atoms with Gasteiger partial charge in [-0.1, -0.05) is 24.3 Å². The van der Waals surface area contributed by atoms with Gasteiger partial charge in [0.05, 0.1) is 22.7 Å². The van der Waals surface area contributed by atoms with E-state index in [4.69, 9.17) is 4.74 Å². The number of rotatable bonds is 5. The molecule has 0 aliphatic heterocycles. The lowest BCUT2D eigenvalue weighted by atomic mass is 10.0. The molecule has 5 rings (SSSR count). The third-order valence-corrected chi connectivity index (χ3v) is 5.01. The number of hydrogen-bond acceptors (Lipinski definition) is 5. The Morgan fingerprint density at radius 2 is 1.78 bits per heavy atom. The number of H-pyrrole nitrogens is 1. The predicted molar refractivity (Wildman–Crippen MR) is 120 cm³/mol. The topological polar surface area (TPSA) is 91.7 Å². The minimum Gasteiger partial charge on any atom is -0.438 e. The number of ketones is 1. The van der Waals surface area contributed by atoms with E-state index in [0.29, 0.717) is 28.6 Å². The molecular weight excluding hydrogens is 400 g/mol. The molecule has 0 radical (unpaired) electrons. The highest BCUT2D eigenvalue weighted by atomic mass is 16.5. The number of hydrogen-bond donors (Lipinski definition) is 1. The fourth-order valence-electron chi connectivity index (χ4n) is 3.43. The Morgan fingerprint density at radius 3 is 2.59 bits per heavy atom. The van der Waals surface area contributed by atoms with Crippen molar-refractivity contribution >= 4 is 16.8 Å². The van der Waals surface area contributed by atoms with E-state index in [2.05, 4.69) is 21.0 Å². The summed E-state index contributed by atoms with van der Waals surface area (Å²) >= 11 is 0. The first-order chi connectivity index (χ1) is 15.7. The number of nitrogens with zero attached hydrogens (tertiary/aromatic N) is 3. The maximum Gasteiger partial charge on any atom is 0.228 e. The van der Waals surface area contributed by atoms with Crippen molar-refractivity contribution in [1.82, 2.24) is 15.0 Å². The highest BCUT2D eigenvalue weighted by Crippen LogP contribution is 2.32. The molecule has 6 nitrogen and oxygen atoms in total. The fourth-order valence-corrected chi connectivity index (χ4v) is 3.43. The number of carbonyl (C=O) groups is 1. The average molecular weight is 416 g/mol. The van der Waals surface area contributed by atoms with E-state index in [9.17, 15) is 10.1 Å². The van der Waals surface area contributed by atoms with E-state index in [1.807, 2.05) is 48.5 Å². The number of aromatic amines is 1. The van der Waals surface area contributed by atoms with Crippen molar-refractivity contribution in [1.29, 1.82) is 5.26 Å². The molecule has 0 unspecified atom stereocenters. The van der Waals surface area contributed by atoms with E-state index in [1.54, 1.807) is 42.6 Å². The molecule has 0 fully saturated rings. The second-order valence-corrected chi connectivity index (χ2v) is 7.11. The summed E-state index contributed by atoms with van der Waals surface area (Å²) in [7, 11) is 0. The van der Waals surface area contributed by atoms with Gasteiger partial charge in [-0.25, -0.2) is 9.97 Å². The lowest BCUT2D eigenvalue weighted by Gasteiger charge is -2.10. The summed E-state index contributed by atoms with van der Waals surface area (Å²) in [5.74, 6) is 1.06. The molecule has 5 aromatic rings. The second kappa shape index (κ2) is 8.17. The molecule has 152 valence electrons. The van der Waals surface area contributed by atoms with Gasteiger partial charge in [0.25, 0.3) is 0 Å². The molecule has 0 amide bonds. The van der Waals surface area contributed by atoms with Gasteiger partial charge in [0.15, 0.2) is 5.82 Å². The van der Waals surface area contributed by atoms with Crippen LogP contribution in [0.4, 0.5) is 0 Å². The third kappa shape index (κ3) is 3.71. The van der Waals surface area contributed by atoms with Crippen LogP contribution >= 0.6 is 0 Å². The van der Waals surface area contributed by atoms with Crippen LogP contribution in [0.1, 0.15) is 21.7 Å². The lowest BCUT2D eigenvalue weighted by molar-refractivity contribution is 0.103. The first kappa shape index (κ1) is 19.2. The van der Waals surface area contributed by atoms with Crippen molar-refractivity contribution in [3.63, 3.8) is 0 Å². The standard InChI is InChI=1S/C26H16N4O2/c27-16-17-5-3-6-19(15-17)21-7-4-14-28-26(21)32-20-12-10-18(11-13-20)24(31)25-29-22-8-1-2-9-23(22)30-25/h1-15H,(H,29,30). The van der Waals surface area contributed by atoms with E-state index >= 15 is 0 Å². The number of pyridine rings is 1. The number of para-hydroxylation sites is 2. The summed E-state index contributed by atoms with van der Waals surface area (Å²) in [6.45, 7) is 0. The van der Waals surface area contributed by atoms with E-state index < -0.39 is 0 Å². The van der Waals surface area contributed by atoms with Crippen LogP contribution < -0.4 is 4.74 Å². The largest absolute Gasteiger partial charge is 0.438 e. The fraction of sp³-hybridized carbons (Fsp3) is 0. The van der Waals surface area contributed by atoms with Crippen molar-refractivity contribution in [2.75, 3.05) is 0 Å². The van der Waals surface area contributed by atoms with Gasteiger partial charge < -0.3 is 9.72 Å². The zero-order chi connectivity index (χ0) is 21.9. The van der Waals surface area contributed by atoms with Gasteiger partial charge in [0.1, 0.15) is 5.75 Å². The molecule has 0 spiro atoms. The first-order valence-corrected chi connectivity index (χ1v) is 9.94. The molecule has 1 N–H and O–H groups in total. The zero-order valence-electron chi connectivity index (χ0n) is 16.8. The van der Waals surface area contributed by atoms with Gasteiger partial charge >= 0.3 is 0 Å². The second-order valence-electron chi connectivity index (χ2n) is 7.11. The normalized spacial score (nSPS) is 10.6. The Bertz CT molecular complexity index is 1450. The van der Waals surface area contributed by atoms with Gasteiger partial charge in [-0.2, -0.15) is 5.26 Å². The van der Waals surface area contributed by atoms with Crippen LogP contribution in [-0.4, -0.2) is 20.7 Å². The van der Waals surface area contributed by atoms with Gasteiger partial charge in [0, 0.05) is 17.3 Å². The van der Waals surface area contributed by atoms with Crippen molar-refractivity contribution in [3.05, 3.63) is 108 Å². The minimum absolute atomic E-state index is 0.195. The summed E-state index contributed by atoms with van der Waals surface area (Å²) < 4.78 is 6.00. The summed E-state index contributed by atoms with van der Waals surface area (Å²) in [5.41, 5.74) is 4.24. The summed E-state index contributed by atoms with van der Waals surface area (Å²) in [4.78, 5) is 24.6. The van der Waals surface area contributed by atoms with Gasteiger partial charge in [-0.15, -0.1) is 0 Å². The van der Waals surface area contributed by atoms with Crippen LogP contribution in [0.15, 0.2) is 91.1 Å². The summed E-state index contributed by atoms with van der Waals surface area (Å²) in [5, 5.41) is 9.18. The number of nitriles is 1. The van der Waals surface area contributed by atoms with E-state index in [0.717, 1.165) is 22.2 Å². The van der Waals surface area contributed by atoms with Crippen LogP contribution in [0, 0.1) is 11.3 Å². The summed E-state index contributed by atoms with van der Waals surface area (Å²) in [6, 6.07) is 27.5. The molecule has 0 atom stereocenters. The van der Waals surface area contributed by atoms with Crippen molar-refractivity contribution in [2.45, 2.75) is 0 Å². The summed E-state index contributed by atoms with van der Waals surface area (Å²) in [6.07, 6.45) is 1.65. The molecular formula is C26H16N4O2. The number of ether oxygens (including phenoxy) is 1. The monoisotopic (exact) mass is 416 g/mol. The van der Waals surface area contributed by atoms with Crippen LogP contribution in [0.2, 0.25) is 0 Å². The maximum absolute atomic E-state index is 12.8. The van der Waals surface area contributed by atoms with E-state index in [1.165, 1.54) is 0 Å². The highest BCUT2D eigenvalue weighted by molar-refractivity contribution is 6.08. The van der Waals surface area contributed by atoms with Crippen LogP contribution in [-0.2, 0) is 0 Å². The number of carbonyl (C=O) groups excluding carboxylic acids is 1. The molecule has 2 heterocycles. The van der Waals surface area contributed by atoms with Crippen LogP contribution in [0.3, 0.4) is 0 Å². The Morgan fingerprint density at radius 1 is 0.938 bits per heavy atom. The number of benzene rings is 3. The Kier molecular flexibility index (Phi) is 4.91. The van der Waals surface area contributed by atoms with Crippen LogP contribution in [0.25, 0.3) is 22.2 Å². The Balaban J connectivity index is 1.40. The van der Waals surface area contributed by atoms with Crippen molar-refractivity contribution in [2.24, 2.45) is 0 Å². The van der Waals surface area contributed by atoms with Gasteiger partial charge in [-0.3, -0.25) is 4.79 Å². The van der Waals surface area contributed by atoms with E-state index in [-0.39, 0.29) is 5.78 Å². The molecule has 0 aliphatic rings. The highest BCUT2D eigenvalue weighted by Gasteiger charge is 2.15. The molecule has 32 heavy (non-hydrogen) atoms. The SMILES string of the molecule is N#Cc1cccc(-c2cccnc2Oc2ccc(C(=O)c3nc4ccccc4[nH]3)cc2)c1. The van der Waals surface area contributed by atoms with Crippen LogP contribution in [0.5, 0.6) is 11.6 Å². The third-order valence-electron chi connectivity index (χ3n) is 5.01. The van der Waals surface area contributed by atoms with Gasteiger partial charge in [0.2, 0.25) is 11.7 Å². The Hall–Kier alpha value is -4.76. The molecule has 0 saturated carbocycles. The first-order valence-electron chi connectivity index (χ1n) is 9.94. The average Bonchev–Trinajstić information content (AvgIpc) is 3.29. The quantitative estimate of drug-likeness (QED) is 0.381. The van der Waals surface area contributed by atoms with Gasteiger partial charge in [-0.05, 0) is 66.2 Å². The molecule has 0 bridgehead atoms. The smallest absolute Gasteiger partial charge is 0.228 e. The number of fused-ring (bicyclic) bond motifs is 1. The maximum atomic E-state index is 12.8. The molecule has 3 aromatic carbocycles. The van der Waals surface area contributed by atoms with Crippen molar-refractivity contribution in [3.8, 4) is 28.8 Å². The molecule has 6 heteroatoms.